The maximum atomic E-state index is 11.7. The highest BCUT2D eigenvalue weighted by molar-refractivity contribution is 7.90. The minimum atomic E-state index is -3.23. The summed E-state index contributed by atoms with van der Waals surface area (Å²) in [7, 11) is -3.23. The van der Waals surface area contributed by atoms with Crippen molar-refractivity contribution in [3.8, 4) is 0 Å². The minimum Gasteiger partial charge on any atom is -0.395 e. The molecule has 2 N–H and O–H groups in total. The minimum absolute atomic E-state index is 0.180. The number of aliphatic hydroxyl groups is 1. The summed E-state index contributed by atoms with van der Waals surface area (Å²) >= 11 is 0. The van der Waals surface area contributed by atoms with E-state index in [0.29, 0.717) is 6.42 Å². The summed E-state index contributed by atoms with van der Waals surface area (Å²) in [4.78, 5) is 0. The zero-order valence-corrected chi connectivity index (χ0v) is 10.4. The predicted octanol–water partition coefficient (Wildman–Crippen LogP) is 0.672. The third-order valence-corrected chi connectivity index (χ3v) is 4.85. The zero-order chi connectivity index (χ0) is 12.3. The molecular formula is C12H17NO3S. The molecule has 1 atom stereocenters. The lowest BCUT2D eigenvalue weighted by Gasteiger charge is -2.16. The van der Waals surface area contributed by atoms with Crippen LogP contribution in [0.15, 0.2) is 30.3 Å². The molecule has 1 fully saturated rings. The van der Waals surface area contributed by atoms with E-state index >= 15 is 0 Å². The first-order valence-electron chi connectivity index (χ1n) is 5.78. The molecule has 1 aromatic carbocycles. The van der Waals surface area contributed by atoms with Gasteiger partial charge in [-0.15, -0.1) is 0 Å². The summed E-state index contributed by atoms with van der Waals surface area (Å²) in [6, 6.07) is 9.13. The van der Waals surface area contributed by atoms with Gasteiger partial charge in [0.15, 0.2) is 0 Å². The Labute approximate surface area is 102 Å². The van der Waals surface area contributed by atoms with E-state index in [1.807, 2.05) is 30.3 Å². The van der Waals surface area contributed by atoms with Gasteiger partial charge in [-0.3, -0.25) is 0 Å². The lowest BCUT2D eigenvalue weighted by Crippen LogP contribution is -2.40. The van der Waals surface area contributed by atoms with Crippen LogP contribution in [0, 0.1) is 0 Å². The van der Waals surface area contributed by atoms with Crippen LogP contribution in [0.1, 0.15) is 18.4 Å². The highest BCUT2D eigenvalue weighted by atomic mass is 32.2. The van der Waals surface area contributed by atoms with Gasteiger partial charge in [-0.05, 0) is 24.8 Å². The molecule has 0 spiro atoms. The Balaban J connectivity index is 1.97. The van der Waals surface area contributed by atoms with E-state index in [0.717, 1.165) is 18.4 Å². The summed E-state index contributed by atoms with van der Waals surface area (Å²) in [6.07, 6.45) is 1.99. The van der Waals surface area contributed by atoms with Crippen LogP contribution in [0.5, 0.6) is 0 Å². The van der Waals surface area contributed by atoms with Crippen LogP contribution in [-0.2, 0) is 16.4 Å². The number of rotatable bonds is 6. The highest BCUT2D eigenvalue weighted by Gasteiger charge is 2.36. The van der Waals surface area contributed by atoms with Crippen LogP contribution in [0.3, 0.4) is 0 Å². The molecule has 0 saturated heterocycles. The summed E-state index contributed by atoms with van der Waals surface area (Å²) < 4.78 is 26.0. The Morgan fingerprint density at radius 3 is 2.47 bits per heavy atom. The third-order valence-electron chi connectivity index (χ3n) is 2.84. The standard InChI is InChI=1S/C12H17NO3S/c14-9-11(8-10-4-2-1-3-5-10)13-17(15,16)12-6-7-12/h1-5,11-14H,6-9H2/t11-/m0/s1. The molecule has 0 aliphatic heterocycles. The van der Waals surface area contributed by atoms with E-state index in [1.54, 1.807) is 0 Å². The number of hydrogen-bond donors (Lipinski definition) is 2. The molecule has 0 aromatic heterocycles. The molecule has 0 unspecified atom stereocenters. The number of aliphatic hydroxyl groups excluding tert-OH is 1. The van der Waals surface area contributed by atoms with Gasteiger partial charge in [-0.2, -0.15) is 0 Å². The van der Waals surface area contributed by atoms with E-state index in [4.69, 9.17) is 0 Å². The van der Waals surface area contributed by atoms with Gasteiger partial charge in [0.2, 0.25) is 10.0 Å². The first kappa shape index (κ1) is 12.5. The van der Waals surface area contributed by atoms with Gasteiger partial charge in [0, 0.05) is 6.04 Å². The number of hydrogen-bond acceptors (Lipinski definition) is 3. The van der Waals surface area contributed by atoms with Crippen molar-refractivity contribution in [1.29, 1.82) is 0 Å². The second kappa shape index (κ2) is 5.16. The van der Waals surface area contributed by atoms with E-state index < -0.39 is 16.1 Å². The molecule has 17 heavy (non-hydrogen) atoms. The summed E-state index contributed by atoms with van der Waals surface area (Å²) in [5, 5.41) is 8.98. The third kappa shape index (κ3) is 3.52. The van der Waals surface area contributed by atoms with Crippen molar-refractivity contribution in [2.24, 2.45) is 0 Å². The topological polar surface area (TPSA) is 66.4 Å². The van der Waals surface area contributed by atoms with Gasteiger partial charge in [0.25, 0.3) is 0 Å². The fraction of sp³-hybridized carbons (Fsp3) is 0.500. The predicted molar refractivity (Wildman–Crippen MR) is 66.1 cm³/mol. The van der Waals surface area contributed by atoms with Crippen LogP contribution in [0.25, 0.3) is 0 Å². The van der Waals surface area contributed by atoms with Gasteiger partial charge in [-0.1, -0.05) is 30.3 Å². The maximum Gasteiger partial charge on any atom is 0.214 e. The molecule has 4 nitrogen and oxygen atoms in total. The number of nitrogens with one attached hydrogen (secondary N) is 1. The molecule has 94 valence electrons. The van der Waals surface area contributed by atoms with E-state index in [-0.39, 0.29) is 11.9 Å². The van der Waals surface area contributed by atoms with Gasteiger partial charge in [0.05, 0.1) is 11.9 Å². The quantitative estimate of drug-likeness (QED) is 0.785. The second-order valence-corrected chi connectivity index (χ2v) is 6.42. The SMILES string of the molecule is O=S(=O)(N[C@H](CO)Cc1ccccc1)C1CC1. The van der Waals surface area contributed by atoms with Crippen molar-refractivity contribution in [2.75, 3.05) is 6.61 Å². The van der Waals surface area contributed by atoms with Gasteiger partial charge < -0.3 is 5.11 Å². The molecule has 0 amide bonds. The summed E-state index contributed by atoms with van der Waals surface area (Å²) in [5.41, 5.74) is 1.02. The van der Waals surface area contributed by atoms with Crippen molar-refractivity contribution in [2.45, 2.75) is 30.6 Å². The molecule has 1 saturated carbocycles. The van der Waals surface area contributed by atoms with Crippen molar-refractivity contribution in [1.82, 2.24) is 4.72 Å². The fourth-order valence-electron chi connectivity index (χ4n) is 1.75. The maximum absolute atomic E-state index is 11.7. The monoisotopic (exact) mass is 255 g/mol. The molecule has 1 aromatic rings. The van der Waals surface area contributed by atoms with Crippen molar-refractivity contribution >= 4 is 10.0 Å². The average Bonchev–Trinajstić information content (AvgIpc) is 3.13. The van der Waals surface area contributed by atoms with Crippen LogP contribution in [-0.4, -0.2) is 31.4 Å². The van der Waals surface area contributed by atoms with E-state index in [1.165, 1.54) is 0 Å². The summed E-state index contributed by atoms with van der Waals surface area (Å²) in [6.45, 7) is -0.180. The molecule has 1 aliphatic rings. The second-order valence-electron chi connectivity index (χ2n) is 4.43. The molecule has 5 heteroatoms. The van der Waals surface area contributed by atoms with Gasteiger partial charge in [0.1, 0.15) is 0 Å². The number of benzene rings is 1. The zero-order valence-electron chi connectivity index (χ0n) is 9.54. The Kier molecular flexibility index (Phi) is 3.81. The molecule has 2 rings (SSSR count). The smallest absolute Gasteiger partial charge is 0.214 e. The Bertz CT molecular complexity index is 454. The largest absolute Gasteiger partial charge is 0.395 e. The van der Waals surface area contributed by atoms with E-state index in [2.05, 4.69) is 4.72 Å². The summed E-state index contributed by atoms with van der Waals surface area (Å²) in [5.74, 6) is 0. The molecular weight excluding hydrogens is 238 g/mol. The van der Waals surface area contributed by atoms with Crippen LogP contribution in [0.2, 0.25) is 0 Å². The first-order chi connectivity index (χ1) is 8.12. The van der Waals surface area contributed by atoms with Crippen LogP contribution >= 0.6 is 0 Å². The average molecular weight is 255 g/mol. The molecule has 0 bridgehead atoms. The Morgan fingerprint density at radius 1 is 1.29 bits per heavy atom. The van der Waals surface area contributed by atoms with Crippen molar-refractivity contribution in [3.05, 3.63) is 35.9 Å². The van der Waals surface area contributed by atoms with Crippen LogP contribution in [0.4, 0.5) is 0 Å². The Morgan fingerprint density at radius 2 is 1.94 bits per heavy atom. The fourth-order valence-corrected chi connectivity index (χ4v) is 3.32. The van der Waals surface area contributed by atoms with Crippen LogP contribution < -0.4 is 4.72 Å². The van der Waals surface area contributed by atoms with Gasteiger partial charge >= 0.3 is 0 Å². The lowest BCUT2D eigenvalue weighted by atomic mass is 10.1. The molecule has 0 heterocycles. The van der Waals surface area contributed by atoms with E-state index in [9.17, 15) is 13.5 Å². The highest BCUT2D eigenvalue weighted by Crippen LogP contribution is 2.27. The van der Waals surface area contributed by atoms with Gasteiger partial charge in [-0.25, -0.2) is 13.1 Å². The molecule has 0 radical (unpaired) electrons. The number of sulfonamides is 1. The normalized spacial score (nSPS) is 17.9. The van der Waals surface area contributed by atoms with Crippen molar-refractivity contribution < 1.29 is 13.5 Å². The Hall–Kier alpha value is -0.910. The van der Waals surface area contributed by atoms with Crippen molar-refractivity contribution in [3.63, 3.8) is 0 Å². The molecule has 1 aliphatic carbocycles. The lowest BCUT2D eigenvalue weighted by molar-refractivity contribution is 0.256. The first-order valence-corrected chi connectivity index (χ1v) is 7.32.